The molecule has 3 aromatic rings. The zero-order valence-electron chi connectivity index (χ0n) is 19.9. The van der Waals surface area contributed by atoms with Crippen molar-refractivity contribution in [2.24, 2.45) is 0 Å². The molecule has 1 fully saturated rings. The molecule has 2 heterocycles. The number of thiophene rings is 1. The van der Waals surface area contributed by atoms with Crippen molar-refractivity contribution in [2.45, 2.75) is 33.2 Å². The van der Waals surface area contributed by atoms with Crippen LogP contribution in [0.2, 0.25) is 0 Å². The molecule has 34 heavy (non-hydrogen) atoms. The molecule has 4 rings (SSSR count). The van der Waals surface area contributed by atoms with Crippen LogP contribution in [0.1, 0.15) is 48.2 Å². The monoisotopic (exact) mass is 480 g/mol. The van der Waals surface area contributed by atoms with E-state index in [9.17, 15) is 15.0 Å². The van der Waals surface area contributed by atoms with Crippen LogP contribution in [0.15, 0.2) is 41.8 Å². The smallest absolute Gasteiger partial charge is 0.252 e. The van der Waals surface area contributed by atoms with Crippen molar-refractivity contribution in [3.05, 3.63) is 58.5 Å². The molecule has 0 atom stereocenters. The van der Waals surface area contributed by atoms with Gasteiger partial charge in [-0.05, 0) is 35.6 Å². The van der Waals surface area contributed by atoms with Crippen LogP contribution >= 0.6 is 11.3 Å². The zero-order valence-corrected chi connectivity index (χ0v) is 20.7. The number of phenols is 2. The van der Waals surface area contributed by atoms with Gasteiger partial charge in [0.1, 0.15) is 11.5 Å². The SMILES string of the molecule is CCNC(=O)c1csc(-c2cc(C(C)C)c(O)cc2O)c1-c1ccc(CN2CCOCC2)cc1. The quantitative estimate of drug-likeness (QED) is 0.433. The van der Waals surface area contributed by atoms with E-state index in [0.29, 0.717) is 17.7 Å². The van der Waals surface area contributed by atoms with Crippen LogP contribution in [0, 0.1) is 0 Å². The highest BCUT2D eigenvalue weighted by Crippen LogP contribution is 2.46. The molecule has 1 aliphatic heterocycles. The van der Waals surface area contributed by atoms with Crippen LogP contribution in [0.3, 0.4) is 0 Å². The summed E-state index contributed by atoms with van der Waals surface area (Å²) in [5.74, 6) is 0.0204. The summed E-state index contributed by atoms with van der Waals surface area (Å²) in [5, 5.41) is 25.8. The molecule has 6 nitrogen and oxygen atoms in total. The molecule has 0 unspecified atom stereocenters. The summed E-state index contributed by atoms with van der Waals surface area (Å²) in [4.78, 5) is 16.1. The van der Waals surface area contributed by atoms with Crippen LogP contribution < -0.4 is 5.32 Å². The van der Waals surface area contributed by atoms with Gasteiger partial charge < -0.3 is 20.3 Å². The number of carbonyl (C=O) groups excluding carboxylic acids is 1. The van der Waals surface area contributed by atoms with Gasteiger partial charge in [0.05, 0.1) is 18.8 Å². The van der Waals surface area contributed by atoms with Crippen molar-refractivity contribution in [3.63, 3.8) is 0 Å². The van der Waals surface area contributed by atoms with Crippen LogP contribution in [0.25, 0.3) is 21.6 Å². The van der Waals surface area contributed by atoms with E-state index in [4.69, 9.17) is 4.74 Å². The molecule has 180 valence electrons. The van der Waals surface area contributed by atoms with E-state index in [-0.39, 0.29) is 23.3 Å². The predicted octanol–water partition coefficient (Wildman–Crippen LogP) is 5.20. The van der Waals surface area contributed by atoms with E-state index in [1.54, 1.807) is 0 Å². The maximum atomic E-state index is 12.9. The first-order valence-electron chi connectivity index (χ1n) is 11.7. The first-order valence-corrected chi connectivity index (χ1v) is 12.6. The first kappa shape index (κ1) is 24.3. The molecule has 0 aliphatic carbocycles. The topological polar surface area (TPSA) is 82.0 Å². The maximum absolute atomic E-state index is 12.9. The molecule has 0 bridgehead atoms. The number of aromatic hydroxyl groups is 2. The third-order valence-electron chi connectivity index (χ3n) is 6.14. The Morgan fingerprint density at radius 1 is 1.12 bits per heavy atom. The normalized spacial score (nSPS) is 14.5. The second kappa shape index (κ2) is 10.6. The molecule has 0 spiro atoms. The summed E-state index contributed by atoms with van der Waals surface area (Å²) in [5.41, 5.74) is 4.88. The number of amides is 1. The van der Waals surface area contributed by atoms with Gasteiger partial charge in [0, 0.05) is 53.6 Å². The minimum absolute atomic E-state index is 0.00335. The Morgan fingerprint density at radius 3 is 2.47 bits per heavy atom. The lowest BCUT2D eigenvalue weighted by Crippen LogP contribution is -2.35. The molecule has 1 saturated heterocycles. The van der Waals surface area contributed by atoms with Crippen LogP contribution in [-0.4, -0.2) is 53.9 Å². The minimum Gasteiger partial charge on any atom is -0.508 e. The van der Waals surface area contributed by atoms with Gasteiger partial charge in [0.25, 0.3) is 5.91 Å². The van der Waals surface area contributed by atoms with E-state index in [1.165, 1.54) is 23.0 Å². The van der Waals surface area contributed by atoms with Crippen LogP contribution in [-0.2, 0) is 11.3 Å². The van der Waals surface area contributed by atoms with E-state index >= 15 is 0 Å². The Bertz CT molecular complexity index is 1150. The molecular weight excluding hydrogens is 448 g/mol. The summed E-state index contributed by atoms with van der Waals surface area (Å²) in [6, 6.07) is 11.5. The molecular formula is C27H32N2O4S. The number of benzene rings is 2. The lowest BCUT2D eigenvalue weighted by molar-refractivity contribution is 0.0342. The second-order valence-electron chi connectivity index (χ2n) is 8.88. The zero-order chi connectivity index (χ0) is 24.2. The fraction of sp³-hybridized carbons (Fsp3) is 0.370. The summed E-state index contributed by atoms with van der Waals surface area (Å²) in [6.45, 7) is 10.7. The second-order valence-corrected chi connectivity index (χ2v) is 9.76. The van der Waals surface area contributed by atoms with Gasteiger partial charge in [-0.25, -0.2) is 0 Å². The number of phenolic OH excluding ortho intramolecular Hbond substituents is 2. The van der Waals surface area contributed by atoms with Crippen molar-refractivity contribution in [3.8, 4) is 33.1 Å². The third-order valence-corrected chi connectivity index (χ3v) is 7.15. The maximum Gasteiger partial charge on any atom is 0.252 e. The predicted molar refractivity (Wildman–Crippen MR) is 137 cm³/mol. The minimum atomic E-state index is -0.139. The highest BCUT2D eigenvalue weighted by Gasteiger charge is 2.23. The number of nitrogens with one attached hydrogen (secondary N) is 1. The van der Waals surface area contributed by atoms with E-state index < -0.39 is 0 Å². The summed E-state index contributed by atoms with van der Waals surface area (Å²) in [6.07, 6.45) is 0. The lowest BCUT2D eigenvalue weighted by Gasteiger charge is -2.26. The van der Waals surface area contributed by atoms with Gasteiger partial charge >= 0.3 is 0 Å². The van der Waals surface area contributed by atoms with Crippen molar-refractivity contribution < 1.29 is 19.7 Å². The first-order chi connectivity index (χ1) is 16.4. The lowest BCUT2D eigenvalue weighted by atomic mass is 9.93. The Balaban J connectivity index is 1.76. The van der Waals surface area contributed by atoms with E-state index in [1.807, 2.05) is 44.4 Å². The number of rotatable bonds is 7. The number of morpholine rings is 1. The number of ether oxygens (including phenoxy) is 1. The van der Waals surface area contributed by atoms with Crippen molar-refractivity contribution >= 4 is 17.2 Å². The molecule has 1 amide bonds. The van der Waals surface area contributed by atoms with Gasteiger partial charge in [0.15, 0.2) is 0 Å². The molecule has 3 N–H and O–H groups in total. The van der Waals surface area contributed by atoms with Crippen LogP contribution in [0.5, 0.6) is 11.5 Å². The Kier molecular flexibility index (Phi) is 7.56. The van der Waals surface area contributed by atoms with Gasteiger partial charge in [-0.1, -0.05) is 38.1 Å². The molecule has 1 aliphatic rings. The highest BCUT2D eigenvalue weighted by atomic mass is 32.1. The summed E-state index contributed by atoms with van der Waals surface area (Å²) in [7, 11) is 0. The number of hydrogen-bond donors (Lipinski definition) is 3. The fourth-order valence-electron chi connectivity index (χ4n) is 4.30. The van der Waals surface area contributed by atoms with Gasteiger partial charge in [-0.2, -0.15) is 0 Å². The van der Waals surface area contributed by atoms with Crippen molar-refractivity contribution in [1.29, 1.82) is 0 Å². The van der Waals surface area contributed by atoms with Crippen LogP contribution in [0.4, 0.5) is 0 Å². The Labute approximate surface area is 204 Å². The average Bonchev–Trinajstić information content (AvgIpc) is 3.25. The highest BCUT2D eigenvalue weighted by molar-refractivity contribution is 7.14. The molecule has 0 radical (unpaired) electrons. The largest absolute Gasteiger partial charge is 0.508 e. The average molecular weight is 481 g/mol. The standard InChI is InChI=1S/C27H32N2O4S/c1-4-28-27(32)22-16-34-26(21-13-20(17(2)3)23(30)14-24(21)31)25(22)19-7-5-18(6-8-19)15-29-9-11-33-12-10-29/h5-8,13-14,16-17,30-31H,4,9-12,15H2,1-3H3,(H,28,32). The van der Waals surface area contributed by atoms with Gasteiger partial charge in [0.2, 0.25) is 0 Å². The molecule has 2 aromatic carbocycles. The van der Waals surface area contributed by atoms with Crippen molar-refractivity contribution in [1.82, 2.24) is 10.2 Å². The summed E-state index contributed by atoms with van der Waals surface area (Å²) < 4.78 is 5.44. The van der Waals surface area contributed by atoms with Gasteiger partial charge in [-0.3, -0.25) is 9.69 Å². The number of carbonyl (C=O) groups is 1. The van der Waals surface area contributed by atoms with Crippen molar-refractivity contribution in [2.75, 3.05) is 32.8 Å². The molecule has 0 saturated carbocycles. The van der Waals surface area contributed by atoms with E-state index in [2.05, 4.69) is 22.3 Å². The Morgan fingerprint density at radius 2 is 1.82 bits per heavy atom. The summed E-state index contributed by atoms with van der Waals surface area (Å²) >= 11 is 1.43. The fourth-order valence-corrected chi connectivity index (χ4v) is 5.39. The van der Waals surface area contributed by atoms with E-state index in [0.717, 1.165) is 54.4 Å². The molecule has 1 aromatic heterocycles. The third kappa shape index (κ3) is 5.12. The number of nitrogens with zero attached hydrogens (tertiary/aromatic N) is 1. The Hall–Kier alpha value is -2.87. The number of hydrogen-bond acceptors (Lipinski definition) is 6. The van der Waals surface area contributed by atoms with Gasteiger partial charge in [-0.15, -0.1) is 11.3 Å². The molecule has 7 heteroatoms.